The van der Waals surface area contributed by atoms with Crippen LogP contribution in [0.25, 0.3) is 0 Å². The summed E-state index contributed by atoms with van der Waals surface area (Å²) < 4.78 is 0. The van der Waals surface area contributed by atoms with Crippen LogP contribution in [0, 0.1) is 5.41 Å². The molecule has 0 saturated carbocycles. The van der Waals surface area contributed by atoms with Crippen molar-refractivity contribution in [2.75, 3.05) is 0 Å². The van der Waals surface area contributed by atoms with Crippen LogP contribution in [0.15, 0.2) is 5.16 Å². The van der Waals surface area contributed by atoms with Crippen molar-refractivity contribution in [1.29, 1.82) is 0 Å². The molecule has 0 aliphatic carbocycles. The first-order chi connectivity index (χ1) is 3.48. The minimum absolute atomic E-state index is 0.226. The summed E-state index contributed by atoms with van der Waals surface area (Å²) >= 11 is 5.44. The Morgan fingerprint density at radius 1 is 1.50 bits per heavy atom. The van der Waals surface area contributed by atoms with E-state index < -0.39 is 0 Å². The quantitative estimate of drug-likeness (QED) is 0.308. The standard InChI is InChI=1S/C5H10ClNO/c1-5(2,3)4(6)7-8/h8H,1-3H3/b7-4-. The summed E-state index contributed by atoms with van der Waals surface area (Å²) in [7, 11) is 0. The van der Waals surface area contributed by atoms with Crippen LogP contribution < -0.4 is 0 Å². The fourth-order valence-corrected chi connectivity index (χ4v) is 0.150. The van der Waals surface area contributed by atoms with Crippen LogP contribution in [0.2, 0.25) is 0 Å². The third kappa shape index (κ3) is 2.17. The Bertz CT molecular complexity index is 103. The monoisotopic (exact) mass is 135 g/mol. The van der Waals surface area contributed by atoms with Gasteiger partial charge in [0.25, 0.3) is 0 Å². The molecule has 1 N–H and O–H groups in total. The van der Waals surface area contributed by atoms with Crippen LogP contribution in [-0.4, -0.2) is 10.4 Å². The van der Waals surface area contributed by atoms with E-state index in [4.69, 9.17) is 16.8 Å². The zero-order valence-corrected chi connectivity index (χ0v) is 6.03. The van der Waals surface area contributed by atoms with Gasteiger partial charge in [0.15, 0.2) is 5.17 Å². The maximum atomic E-state index is 8.13. The van der Waals surface area contributed by atoms with Crippen LogP contribution in [0.1, 0.15) is 20.8 Å². The summed E-state index contributed by atoms with van der Waals surface area (Å²) in [4.78, 5) is 0. The molecule has 48 valence electrons. The number of hydrogen-bond donors (Lipinski definition) is 1. The van der Waals surface area contributed by atoms with E-state index in [1.165, 1.54) is 0 Å². The van der Waals surface area contributed by atoms with E-state index in [1.54, 1.807) is 0 Å². The highest BCUT2D eigenvalue weighted by Gasteiger charge is 2.16. The molecule has 8 heavy (non-hydrogen) atoms. The number of nitrogens with zero attached hydrogens (tertiary/aromatic N) is 1. The summed E-state index contributed by atoms with van der Waals surface area (Å²) in [5, 5.41) is 11.2. The number of rotatable bonds is 0. The Balaban J connectivity index is 4.03. The van der Waals surface area contributed by atoms with Gasteiger partial charge < -0.3 is 5.21 Å². The van der Waals surface area contributed by atoms with Gasteiger partial charge in [-0.15, -0.1) is 0 Å². The molecule has 0 heterocycles. The molecule has 0 unspecified atom stereocenters. The fourth-order valence-electron chi connectivity index (χ4n) is 0.150. The lowest BCUT2D eigenvalue weighted by atomic mass is 9.99. The van der Waals surface area contributed by atoms with Gasteiger partial charge in [0.2, 0.25) is 0 Å². The molecule has 0 saturated heterocycles. The van der Waals surface area contributed by atoms with Crippen molar-refractivity contribution in [2.24, 2.45) is 10.6 Å². The predicted octanol–water partition coefficient (Wildman–Crippen LogP) is 2.06. The Kier molecular flexibility index (Phi) is 2.28. The molecule has 2 nitrogen and oxygen atoms in total. The minimum Gasteiger partial charge on any atom is -0.410 e. The average Bonchev–Trinajstić information content (AvgIpc) is 1.62. The maximum Gasteiger partial charge on any atom is 0.150 e. The zero-order chi connectivity index (χ0) is 6.78. The molecular formula is C5H10ClNO. The number of oxime groups is 1. The largest absolute Gasteiger partial charge is 0.410 e. The average molecular weight is 136 g/mol. The Morgan fingerprint density at radius 2 is 1.88 bits per heavy atom. The summed E-state index contributed by atoms with van der Waals surface area (Å²) in [6.07, 6.45) is 0. The molecule has 0 spiro atoms. The van der Waals surface area contributed by atoms with E-state index in [9.17, 15) is 0 Å². The second-order valence-corrected chi connectivity index (χ2v) is 3.00. The normalized spacial score (nSPS) is 14.2. The lowest BCUT2D eigenvalue weighted by Crippen LogP contribution is -2.13. The smallest absolute Gasteiger partial charge is 0.150 e. The van der Waals surface area contributed by atoms with E-state index in [0.717, 1.165) is 0 Å². The first kappa shape index (κ1) is 7.76. The van der Waals surface area contributed by atoms with Gasteiger partial charge in [-0.3, -0.25) is 0 Å². The second kappa shape index (κ2) is 2.35. The Labute approximate surface area is 54.1 Å². The van der Waals surface area contributed by atoms with E-state index >= 15 is 0 Å². The molecule has 0 amide bonds. The predicted molar refractivity (Wildman–Crippen MR) is 34.5 cm³/mol. The first-order valence-electron chi connectivity index (χ1n) is 2.36. The minimum atomic E-state index is -0.226. The highest BCUT2D eigenvalue weighted by molar-refractivity contribution is 6.66. The van der Waals surface area contributed by atoms with Crippen LogP contribution >= 0.6 is 11.6 Å². The third-order valence-corrected chi connectivity index (χ3v) is 1.35. The molecule has 0 radical (unpaired) electrons. The molecule has 0 bridgehead atoms. The summed E-state index contributed by atoms with van der Waals surface area (Å²) in [6.45, 7) is 5.61. The highest BCUT2D eigenvalue weighted by atomic mass is 35.5. The van der Waals surface area contributed by atoms with Crippen molar-refractivity contribution in [3.63, 3.8) is 0 Å². The van der Waals surface area contributed by atoms with Gasteiger partial charge in [-0.25, -0.2) is 0 Å². The topological polar surface area (TPSA) is 32.6 Å². The molecule has 0 rings (SSSR count). The zero-order valence-electron chi connectivity index (χ0n) is 5.27. The van der Waals surface area contributed by atoms with Gasteiger partial charge in [-0.2, -0.15) is 0 Å². The van der Waals surface area contributed by atoms with Gasteiger partial charge in [-0.1, -0.05) is 37.5 Å². The SMILES string of the molecule is CC(C)(C)/C(Cl)=N/O. The molecule has 0 fully saturated rings. The molecule has 0 aromatic rings. The lowest BCUT2D eigenvalue weighted by molar-refractivity contribution is 0.313. The Hall–Kier alpha value is -0.240. The van der Waals surface area contributed by atoms with E-state index in [-0.39, 0.29) is 10.6 Å². The lowest BCUT2D eigenvalue weighted by Gasteiger charge is -2.12. The molecule has 0 aliphatic rings. The van der Waals surface area contributed by atoms with Crippen LogP contribution in [0.4, 0.5) is 0 Å². The van der Waals surface area contributed by atoms with Crippen molar-refractivity contribution < 1.29 is 5.21 Å². The molecule has 0 aliphatic heterocycles. The van der Waals surface area contributed by atoms with Crippen LogP contribution in [0.3, 0.4) is 0 Å². The number of hydrogen-bond acceptors (Lipinski definition) is 2. The van der Waals surface area contributed by atoms with Gasteiger partial charge >= 0.3 is 0 Å². The molecule has 3 heteroatoms. The van der Waals surface area contributed by atoms with Crippen molar-refractivity contribution in [1.82, 2.24) is 0 Å². The fraction of sp³-hybridized carbons (Fsp3) is 0.800. The molecule has 0 atom stereocenters. The number of halogens is 1. The first-order valence-corrected chi connectivity index (χ1v) is 2.74. The highest BCUT2D eigenvalue weighted by Crippen LogP contribution is 2.17. The van der Waals surface area contributed by atoms with E-state index in [1.807, 2.05) is 20.8 Å². The van der Waals surface area contributed by atoms with Crippen molar-refractivity contribution in [3.8, 4) is 0 Å². The van der Waals surface area contributed by atoms with Gasteiger partial charge in [-0.05, 0) is 0 Å². The van der Waals surface area contributed by atoms with Crippen molar-refractivity contribution in [3.05, 3.63) is 0 Å². The Morgan fingerprint density at radius 3 is 1.88 bits per heavy atom. The van der Waals surface area contributed by atoms with Gasteiger partial charge in [0.1, 0.15) is 0 Å². The van der Waals surface area contributed by atoms with E-state index in [0.29, 0.717) is 0 Å². The maximum absolute atomic E-state index is 8.13. The van der Waals surface area contributed by atoms with E-state index in [2.05, 4.69) is 5.16 Å². The molecule has 0 aromatic carbocycles. The third-order valence-electron chi connectivity index (χ3n) is 0.707. The van der Waals surface area contributed by atoms with Crippen LogP contribution in [-0.2, 0) is 0 Å². The van der Waals surface area contributed by atoms with Crippen molar-refractivity contribution in [2.45, 2.75) is 20.8 Å². The summed E-state index contributed by atoms with van der Waals surface area (Å²) in [5.41, 5.74) is -0.226. The second-order valence-electron chi connectivity index (χ2n) is 2.64. The van der Waals surface area contributed by atoms with Gasteiger partial charge in [0, 0.05) is 5.41 Å². The summed E-state index contributed by atoms with van der Waals surface area (Å²) in [5.74, 6) is 0. The van der Waals surface area contributed by atoms with Crippen LogP contribution in [0.5, 0.6) is 0 Å². The molecule has 0 aromatic heterocycles. The summed E-state index contributed by atoms with van der Waals surface area (Å²) in [6, 6.07) is 0. The van der Waals surface area contributed by atoms with Gasteiger partial charge in [0.05, 0.1) is 0 Å². The van der Waals surface area contributed by atoms with Crippen molar-refractivity contribution >= 4 is 16.8 Å². The molecular weight excluding hydrogens is 126 g/mol.